The molecule has 11 heteroatoms. The predicted molar refractivity (Wildman–Crippen MR) is 178 cm³/mol. The molecule has 0 aliphatic carbocycles. The van der Waals surface area contributed by atoms with Gasteiger partial charge in [-0.1, -0.05) is 32.4 Å². The summed E-state index contributed by atoms with van der Waals surface area (Å²) >= 11 is 0. The van der Waals surface area contributed by atoms with Gasteiger partial charge in [-0.15, -0.1) is 0 Å². The van der Waals surface area contributed by atoms with E-state index in [0.717, 1.165) is 43.9 Å². The van der Waals surface area contributed by atoms with Crippen LogP contribution < -0.4 is 37.6 Å². The van der Waals surface area contributed by atoms with E-state index in [2.05, 4.69) is 50.7 Å². The maximum atomic E-state index is 13.3. The first-order valence-electron chi connectivity index (χ1n) is 15.8. The van der Waals surface area contributed by atoms with Gasteiger partial charge in [-0.05, 0) is 70.3 Å². The Morgan fingerprint density at radius 3 is 1.95 bits per heavy atom. The molecular formula is C32H58N8O3. The van der Waals surface area contributed by atoms with Crippen molar-refractivity contribution in [2.24, 2.45) is 4.99 Å². The van der Waals surface area contributed by atoms with Gasteiger partial charge in [-0.25, -0.2) is 0 Å². The van der Waals surface area contributed by atoms with Crippen molar-refractivity contribution in [3.63, 3.8) is 0 Å². The minimum absolute atomic E-state index is 0.0333. The molecule has 244 valence electrons. The Morgan fingerprint density at radius 1 is 0.791 bits per heavy atom. The topological polar surface area (TPSA) is 162 Å². The second kappa shape index (κ2) is 22.6. The first-order valence-corrected chi connectivity index (χ1v) is 15.8. The van der Waals surface area contributed by atoms with E-state index >= 15 is 0 Å². The zero-order valence-corrected chi connectivity index (χ0v) is 27.4. The molecule has 43 heavy (non-hydrogen) atoms. The number of likely N-dealkylation sites (N-methyl/N-ethyl adjacent to an activating group) is 1. The van der Waals surface area contributed by atoms with Gasteiger partial charge in [0.05, 0.1) is 18.1 Å². The monoisotopic (exact) mass is 602 g/mol. The molecule has 8 N–H and O–H groups in total. The Kier molecular flexibility index (Phi) is 20.1. The van der Waals surface area contributed by atoms with E-state index < -0.39 is 0 Å². The highest BCUT2D eigenvalue weighted by Gasteiger charge is 2.21. The fraction of sp³-hybridized carbons (Fsp3) is 0.688. The largest absolute Gasteiger partial charge is 0.399 e. The summed E-state index contributed by atoms with van der Waals surface area (Å²) in [6, 6.07) is 7.00. The summed E-state index contributed by atoms with van der Waals surface area (Å²) in [6.07, 6.45) is 5.33. The Labute approximate surface area is 259 Å². The lowest BCUT2D eigenvalue weighted by atomic mass is 10.00. The molecule has 0 bridgehead atoms. The summed E-state index contributed by atoms with van der Waals surface area (Å²) in [6.45, 7) is 8.29. The summed E-state index contributed by atoms with van der Waals surface area (Å²) in [5, 5.41) is 19.4. The van der Waals surface area contributed by atoms with Gasteiger partial charge in [0.2, 0.25) is 0 Å². The van der Waals surface area contributed by atoms with Crippen molar-refractivity contribution in [3.05, 3.63) is 29.8 Å². The Morgan fingerprint density at radius 2 is 1.40 bits per heavy atom. The molecule has 0 heterocycles. The SMILES string of the molecule is CN=C(NC)NCCC[C@H](NC)C(=O)CCN[C@@H](CCCCNC(C)C)C(=O)CCN[C@@H](Cc1ccc(N)cc1)C(C)=O. The van der Waals surface area contributed by atoms with Crippen LogP contribution in [0.15, 0.2) is 29.3 Å². The fourth-order valence-electron chi connectivity index (χ4n) is 4.84. The van der Waals surface area contributed by atoms with E-state index in [1.165, 1.54) is 0 Å². The first kappa shape index (κ1) is 38.2. The van der Waals surface area contributed by atoms with Crippen LogP contribution in [0.3, 0.4) is 0 Å². The molecule has 0 radical (unpaired) electrons. The van der Waals surface area contributed by atoms with Crippen LogP contribution in [0, 0.1) is 0 Å². The number of carbonyl (C=O) groups excluding carboxylic acids is 3. The zero-order chi connectivity index (χ0) is 32.0. The number of hydrogen-bond donors (Lipinski definition) is 7. The van der Waals surface area contributed by atoms with E-state index in [9.17, 15) is 14.4 Å². The standard InChI is InChI=1S/C32H58N8O3/c1-23(2)37-18-8-7-10-28(38-20-16-30(42)27(34-4)11-9-19-40-32(35-5)36-6)31(43)17-21-39-29(24(3)41)22-25-12-14-26(33)15-13-25/h12-15,23,27-29,34,37-39H,7-11,16-22,33H2,1-6H3,(H2,35,36,40)/t27-,28-,29-/m0/s1. The number of carbonyl (C=O) groups is 3. The Hall–Kier alpha value is -2.86. The van der Waals surface area contributed by atoms with E-state index in [-0.39, 0.29) is 35.5 Å². The highest BCUT2D eigenvalue weighted by Crippen LogP contribution is 2.10. The van der Waals surface area contributed by atoms with Gasteiger partial charge in [0.15, 0.2) is 17.5 Å². The molecule has 0 spiro atoms. The van der Waals surface area contributed by atoms with Crippen molar-refractivity contribution in [1.82, 2.24) is 31.9 Å². The number of Topliss-reactive ketones (excluding diaryl/α,β-unsaturated/α-hetero) is 3. The van der Waals surface area contributed by atoms with Crippen molar-refractivity contribution in [2.75, 3.05) is 53.1 Å². The van der Waals surface area contributed by atoms with Crippen LogP contribution in [0.4, 0.5) is 5.69 Å². The summed E-state index contributed by atoms with van der Waals surface area (Å²) < 4.78 is 0. The smallest absolute Gasteiger partial charge is 0.190 e. The van der Waals surface area contributed by atoms with E-state index in [1.54, 1.807) is 14.0 Å². The number of aliphatic imine (C=N–C) groups is 1. The van der Waals surface area contributed by atoms with Crippen LogP contribution in [0.25, 0.3) is 0 Å². The average Bonchev–Trinajstić information content (AvgIpc) is 2.98. The molecular weight excluding hydrogens is 544 g/mol. The molecule has 0 saturated carbocycles. The Balaban J connectivity index is 2.62. The van der Waals surface area contributed by atoms with E-state index in [1.807, 2.05) is 38.4 Å². The highest BCUT2D eigenvalue weighted by atomic mass is 16.1. The number of unbranched alkanes of at least 4 members (excludes halogenated alkanes) is 1. The molecule has 0 aliphatic rings. The lowest BCUT2D eigenvalue weighted by Gasteiger charge is -2.21. The maximum Gasteiger partial charge on any atom is 0.190 e. The van der Waals surface area contributed by atoms with Gasteiger partial charge in [0.25, 0.3) is 0 Å². The molecule has 0 aliphatic heterocycles. The maximum absolute atomic E-state index is 13.3. The van der Waals surface area contributed by atoms with Crippen LogP contribution in [0.1, 0.15) is 71.3 Å². The quantitative estimate of drug-likeness (QED) is 0.0400. The average molecular weight is 603 g/mol. The third-order valence-electron chi connectivity index (χ3n) is 7.45. The Bertz CT molecular complexity index is 968. The molecule has 1 aromatic rings. The molecule has 1 rings (SSSR count). The van der Waals surface area contributed by atoms with Crippen LogP contribution in [0.2, 0.25) is 0 Å². The number of rotatable bonds is 24. The van der Waals surface area contributed by atoms with Gasteiger partial charge in [-0.3, -0.25) is 19.4 Å². The third kappa shape index (κ3) is 17.1. The number of guanidine groups is 1. The van der Waals surface area contributed by atoms with E-state index in [0.29, 0.717) is 56.9 Å². The summed E-state index contributed by atoms with van der Waals surface area (Å²) in [7, 11) is 5.34. The number of benzene rings is 1. The summed E-state index contributed by atoms with van der Waals surface area (Å²) in [5.74, 6) is 0.988. The van der Waals surface area contributed by atoms with Crippen LogP contribution in [-0.4, -0.2) is 94.8 Å². The summed E-state index contributed by atoms with van der Waals surface area (Å²) in [5.41, 5.74) is 7.48. The summed E-state index contributed by atoms with van der Waals surface area (Å²) in [4.78, 5) is 42.5. The van der Waals surface area contributed by atoms with Gasteiger partial charge in [-0.2, -0.15) is 0 Å². The second-order valence-corrected chi connectivity index (χ2v) is 11.3. The molecule has 0 unspecified atom stereocenters. The minimum atomic E-state index is -0.365. The number of nitrogens with one attached hydrogen (secondary N) is 6. The molecule has 11 nitrogen and oxygen atoms in total. The second-order valence-electron chi connectivity index (χ2n) is 11.3. The first-order chi connectivity index (χ1) is 20.6. The van der Waals surface area contributed by atoms with Crippen LogP contribution in [0.5, 0.6) is 0 Å². The molecule has 1 aromatic carbocycles. The van der Waals surface area contributed by atoms with Gasteiger partial charge >= 0.3 is 0 Å². The van der Waals surface area contributed by atoms with Crippen molar-refractivity contribution in [1.29, 1.82) is 0 Å². The zero-order valence-electron chi connectivity index (χ0n) is 27.4. The number of ketones is 3. The van der Waals surface area contributed by atoms with Gasteiger partial charge < -0.3 is 37.6 Å². The van der Waals surface area contributed by atoms with Crippen LogP contribution in [-0.2, 0) is 20.8 Å². The lowest BCUT2D eigenvalue weighted by molar-refractivity contribution is -0.123. The highest BCUT2D eigenvalue weighted by molar-refractivity contribution is 5.86. The van der Waals surface area contributed by atoms with Crippen LogP contribution >= 0.6 is 0 Å². The lowest BCUT2D eigenvalue weighted by Crippen LogP contribution is -2.43. The number of nitrogens with zero attached hydrogens (tertiary/aromatic N) is 1. The molecule has 0 amide bonds. The molecule has 0 aromatic heterocycles. The minimum Gasteiger partial charge on any atom is -0.399 e. The van der Waals surface area contributed by atoms with Crippen molar-refractivity contribution in [2.45, 2.75) is 96.3 Å². The molecule has 0 saturated heterocycles. The van der Waals surface area contributed by atoms with Gasteiger partial charge in [0.1, 0.15) is 5.78 Å². The number of nitrogens with two attached hydrogens (primary N) is 1. The van der Waals surface area contributed by atoms with Gasteiger partial charge in [0, 0.05) is 58.3 Å². The van der Waals surface area contributed by atoms with Crippen molar-refractivity contribution < 1.29 is 14.4 Å². The molecule has 3 atom stereocenters. The fourth-order valence-corrected chi connectivity index (χ4v) is 4.84. The van der Waals surface area contributed by atoms with Crippen molar-refractivity contribution in [3.8, 4) is 0 Å². The number of hydrogen-bond acceptors (Lipinski definition) is 9. The van der Waals surface area contributed by atoms with E-state index in [4.69, 9.17) is 5.73 Å². The molecule has 0 fully saturated rings. The predicted octanol–water partition coefficient (Wildman–Crippen LogP) is 1.57. The third-order valence-corrected chi connectivity index (χ3v) is 7.45. The number of nitrogen functional groups attached to an aromatic ring is 1. The normalized spacial score (nSPS) is 13.9. The number of anilines is 1. The van der Waals surface area contributed by atoms with Crippen molar-refractivity contribution >= 4 is 29.0 Å².